The Balaban J connectivity index is 1.68. The predicted molar refractivity (Wildman–Crippen MR) is 122 cm³/mol. The lowest BCUT2D eigenvalue weighted by Gasteiger charge is -2.24. The molecule has 31 heavy (non-hydrogen) atoms. The number of anilines is 1. The van der Waals surface area contributed by atoms with E-state index in [-0.39, 0.29) is 10.7 Å². The molecule has 0 radical (unpaired) electrons. The standard InChI is InChI=1S/C22H12BrFN2O3S2/c23-12-5-3-11(4-6-12)18-17(19(27)15-2-1-9-30-15)20(28)21(29)26(18)22-25-14-8-7-13(24)10-16(14)31-22/h1-10,18,28H. The smallest absolute Gasteiger partial charge is 0.296 e. The van der Waals surface area contributed by atoms with E-state index >= 15 is 0 Å². The number of amides is 1. The molecule has 1 atom stereocenters. The summed E-state index contributed by atoms with van der Waals surface area (Å²) < 4.78 is 15.1. The Kier molecular flexibility index (Phi) is 4.96. The fraction of sp³-hybridized carbons (Fsp3) is 0.0455. The molecule has 0 saturated heterocycles. The topological polar surface area (TPSA) is 70.5 Å². The van der Waals surface area contributed by atoms with Crippen LogP contribution in [0.5, 0.6) is 0 Å². The second-order valence-electron chi connectivity index (χ2n) is 6.81. The predicted octanol–water partition coefficient (Wildman–Crippen LogP) is 6.04. The number of halogens is 2. The molecule has 4 aromatic rings. The van der Waals surface area contributed by atoms with Crippen LogP contribution in [0.4, 0.5) is 9.52 Å². The highest BCUT2D eigenvalue weighted by Crippen LogP contribution is 2.44. The third-order valence-corrected chi connectivity index (χ3v) is 7.34. The van der Waals surface area contributed by atoms with Crippen LogP contribution in [0.15, 0.2) is 75.8 Å². The molecule has 1 aliphatic rings. The van der Waals surface area contributed by atoms with Crippen molar-refractivity contribution >= 4 is 65.6 Å². The van der Waals surface area contributed by atoms with E-state index in [1.165, 1.54) is 34.4 Å². The van der Waals surface area contributed by atoms with Crippen molar-refractivity contribution in [3.05, 3.63) is 92.0 Å². The molecule has 1 unspecified atom stereocenters. The molecule has 2 aromatic carbocycles. The summed E-state index contributed by atoms with van der Waals surface area (Å²) in [5, 5.41) is 12.8. The SMILES string of the molecule is O=C(C1=C(O)C(=O)N(c2nc3ccc(F)cc3s2)C1c1ccc(Br)cc1)c1cccs1. The number of benzene rings is 2. The Morgan fingerprint density at radius 3 is 2.65 bits per heavy atom. The van der Waals surface area contributed by atoms with Crippen molar-refractivity contribution in [3.63, 3.8) is 0 Å². The molecule has 1 aliphatic heterocycles. The summed E-state index contributed by atoms with van der Waals surface area (Å²) in [6, 6.07) is 13.9. The van der Waals surface area contributed by atoms with Gasteiger partial charge in [-0.15, -0.1) is 11.3 Å². The number of rotatable bonds is 4. The maximum Gasteiger partial charge on any atom is 0.296 e. The average molecular weight is 515 g/mol. The van der Waals surface area contributed by atoms with Gasteiger partial charge in [0.15, 0.2) is 10.9 Å². The van der Waals surface area contributed by atoms with Gasteiger partial charge in [0.25, 0.3) is 5.91 Å². The van der Waals surface area contributed by atoms with Gasteiger partial charge in [0.1, 0.15) is 5.82 Å². The van der Waals surface area contributed by atoms with Crippen LogP contribution in [0.1, 0.15) is 21.3 Å². The van der Waals surface area contributed by atoms with Crippen LogP contribution in [0.3, 0.4) is 0 Å². The normalized spacial score (nSPS) is 16.5. The first-order valence-corrected chi connectivity index (χ1v) is 11.6. The van der Waals surface area contributed by atoms with E-state index < -0.39 is 29.3 Å². The Bertz CT molecular complexity index is 1360. The third-order valence-electron chi connectivity index (χ3n) is 4.93. The number of carbonyl (C=O) groups excluding carboxylic acids is 2. The second kappa shape index (κ2) is 7.67. The number of nitrogens with zero attached hydrogens (tertiary/aromatic N) is 2. The van der Waals surface area contributed by atoms with Gasteiger partial charge >= 0.3 is 0 Å². The second-order valence-corrected chi connectivity index (χ2v) is 9.68. The minimum absolute atomic E-state index is 0.000194. The number of thiazole rings is 1. The fourth-order valence-corrected chi connectivity index (χ4v) is 5.48. The summed E-state index contributed by atoms with van der Waals surface area (Å²) in [4.78, 5) is 32.6. The summed E-state index contributed by atoms with van der Waals surface area (Å²) in [5.41, 5.74) is 1.17. The van der Waals surface area contributed by atoms with Crippen molar-refractivity contribution < 1.29 is 19.1 Å². The summed E-state index contributed by atoms with van der Waals surface area (Å²) in [6.07, 6.45) is 0. The zero-order chi connectivity index (χ0) is 21.7. The quantitative estimate of drug-likeness (QED) is 0.337. The molecule has 1 amide bonds. The molecule has 5 rings (SSSR count). The minimum Gasteiger partial charge on any atom is -0.503 e. The molecule has 0 saturated carbocycles. The van der Waals surface area contributed by atoms with Gasteiger partial charge in [-0.2, -0.15) is 0 Å². The number of fused-ring (bicyclic) bond motifs is 1. The fourth-order valence-electron chi connectivity index (χ4n) is 3.52. The van der Waals surface area contributed by atoms with Crippen LogP contribution in [-0.4, -0.2) is 21.8 Å². The van der Waals surface area contributed by atoms with Gasteiger partial charge < -0.3 is 5.11 Å². The largest absolute Gasteiger partial charge is 0.503 e. The molecule has 154 valence electrons. The van der Waals surface area contributed by atoms with Crippen LogP contribution >= 0.6 is 38.6 Å². The Hall–Kier alpha value is -2.88. The van der Waals surface area contributed by atoms with Crippen LogP contribution in [-0.2, 0) is 4.79 Å². The summed E-state index contributed by atoms with van der Waals surface area (Å²) in [6.45, 7) is 0. The van der Waals surface area contributed by atoms with Gasteiger partial charge in [0.2, 0.25) is 5.78 Å². The highest BCUT2D eigenvalue weighted by atomic mass is 79.9. The molecule has 0 aliphatic carbocycles. The van der Waals surface area contributed by atoms with Crippen LogP contribution in [0, 0.1) is 5.82 Å². The molecule has 0 fully saturated rings. The van der Waals surface area contributed by atoms with Crippen LogP contribution in [0.2, 0.25) is 0 Å². The lowest BCUT2D eigenvalue weighted by Crippen LogP contribution is -2.30. The van der Waals surface area contributed by atoms with E-state index in [1.807, 2.05) is 0 Å². The first-order valence-electron chi connectivity index (χ1n) is 9.10. The third kappa shape index (κ3) is 3.38. The Morgan fingerprint density at radius 1 is 1.16 bits per heavy atom. The molecule has 9 heteroatoms. The number of aromatic nitrogens is 1. The number of thiophene rings is 1. The van der Waals surface area contributed by atoms with Crippen molar-refractivity contribution in [1.82, 2.24) is 4.98 Å². The van der Waals surface area contributed by atoms with E-state index in [9.17, 15) is 19.1 Å². The molecule has 2 aromatic heterocycles. The van der Waals surface area contributed by atoms with Gasteiger partial charge in [0, 0.05) is 4.47 Å². The Morgan fingerprint density at radius 2 is 1.94 bits per heavy atom. The zero-order valence-corrected chi connectivity index (χ0v) is 18.8. The Labute approximate surface area is 192 Å². The van der Waals surface area contributed by atoms with Crippen LogP contribution < -0.4 is 4.90 Å². The number of aliphatic hydroxyl groups is 1. The number of hydrogen-bond acceptors (Lipinski definition) is 6. The molecular formula is C22H12BrFN2O3S2. The van der Waals surface area contributed by atoms with Gasteiger partial charge in [-0.25, -0.2) is 9.37 Å². The maximum atomic E-state index is 13.7. The number of hydrogen-bond donors (Lipinski definition) is 1. The number of Topliss-reactive ketones (excluding diaryl/α,β-unsaturated/α-hetero) is 1. The van der Waals surface area contributed by atoms with Crippen molar-refractivity contribution in [1.29, 1.82) is 0 Å². The van der Waals surface area contributed by atoms with Gasteiger partial charge in [-0.3, -0.25) is 14.5 Å². The first kappa shape index (κ1) is 20.0. The zero-order valence-electron chi connectivity index (χ0n) is 15.6. The van der Waals surface area contributed by atoms with Gasteiger partial charge in [-0.05, 0) is 47.3 Å². The summed E-state index contributed by atoms with van der Waals surface area (Å²) in [7, 11) is 0. The monoisotopic (exact) mass is 514 g/mol. The van der Waals surface area contributed by atoms with Crippen molar-refractivity contribution in [2.45, 2.75) is 6.04 Å². The van der Waals surface area contributed by atoms with Crippen molar-refractivity contribution in [3.8, 4) is 0 Å². The molecule has 3 heterocycles. The molecule has 0 bridgehead atoms. The number of carbonyl (C=O) groups is 2. The van der Waals surface area contributed by atoms with Crippen molar-refractivity contribution in [2.24, 2.45) is 0 Å². The summed E-state index contributed by atoms with van der Waals surface area (Å²) in [5.74, 6) is -2.14. The van der Waals surface area contributed by atoms with E-state index in [1.54, 1.807) is 41.8 Å². The lowest BCUT2D eigenvalue weighted by molar-refractivity contribution is -0.117. The van der Waals surface area contributed by atoms with E-state index in [0.717, 1.165) is 15.8 Å². The first-order chi connectivity index (χ1) is 14.9. The highest BCUT2D eigenvalue weighted by Gasteiger charge is 2.46. The molecule has 5 nitrogen and oxygen atoms in total. The van der Waals surface area contributed by atoms with Gasteiger partial charge in [-0.1, -0.05) is 45.5 Å². The van der Waals surface area contributed by atoms with Gasteiger partial charge in [0.05, 0.1) is 26.7 Å². The number of ketones is 1. The maximum absolute atomic E-state index is 13.7. The lowest BCUT2D eigenvalue weighted by atomic mass is 9.96. The molecular weight excluding hydrogens is 503 g/mol. The molecule has 1 N–H and O–H groups in total. The highest BCUT2D eigenvalue weighted by molar-refractivity contribution is 9.10. The average Bonchev–Trinajstić information content (AvgIpc) is 3.47. The summed E-state index contributed by atoms with van der Waals surface area (Å²) >= 11 is 5.75. The van der Waals surface area contributed by atoms with E-state index in [0.29, 0.717) is 20.7 Å². The van der Waals surface area contributed by atoms with E-state index in [4.69, 9.17) is 0 Å². The number of aliphatic hydroxyl groups excluding tert-OH is 1. The molecule has 0 spiro atoms. The van der Waals surface area contributed by atoms with Crippen molar-refractivity contribution in [2.75, 3.05) is 4.90 Å². The minimum atomic E-state index is -0.861. The van der Waals surface area contributed by atoms with Crippen LogP contribution in [0.25, 0.3) is 10.2 Å². The van der Waals surface area contributed by atoms with E-state index in [2.05, 4.69) is 20.9 Å².